The van der Waals surface area contributed by atoms with E-state index in [-0.39, 0.29) is 0 Å². The van der Waals surface area contributed by atoms with Gasteiger partial charge in [0.1, 0.15) is 7.05 Å². The summed E-state index contributed by atoms with van der Waals surface area (Å²) in [6, 6.07) is 4.68. The van der Waals surface area contributed by atoms with E-state index in [1.807, 2.05) is 0 Å². The van der Waals surface area contributed by atoms with Gasteiger partial charge in [-0.05, 0) is 29.7 Å². The Balaban J connectivity index is 2.73. The number of hydrogen-bond donors (Lipinski definition) is 0. The molecule has 0 aliphatic heterocycles. The number of hydrogen-bond acceptors (Lipinski definition) is 0. The van der Waals surface area contributed by atoms with Crippen LogP contribution in [0.2, 0.25) is 0 Å². The van der Waals surface area contributed by atoms with Gasteiger partial charge in [-0.1, -0.05) is 72.6 Å². The van der Waals surface area contributed by atoms with Crippen LogP contribution in [0.4, 0.5) is 0 Å². The van der Waals surface area contributed by atoms with E-state index in [4.69, 9.17) is 0 Å². The SMILES string of the molecule is CCCCCC(C)C(CC(C)CCCC)c1cc[n+](C)cc1. The van der Waals surface area contributed by atoms with E-state index in [0.717, 1.165) is 17.8 Å². The summed E-state index contributed by atoms with van der Waals surface area (Å²) in [5.41, 5.74) is 1.55. The monoisotopic (exact) mass is 304 g/mol. The molecule has 0 aromatic carbocycles. The van der Waals surface area contributed by atoms with Gasteiger partial charge in [-0.15, -0.1) is 0 Å². The normalized spacial score (nSPS) is 15.5. The van der Waals surface area contributed by atoms with Crippen LogP contribution in [-0.4, -0.2) is 0 Å². The van der Waals surface area contributed by atoms with Crippen molar-refractivity contribution < 1.29 is 4.57 Å². The van der Waals surface area contributed by atoms with Gasteiger partial charge >= 0.3 is 0 Å². The molecule has 1 aromatic rings. The van der Waals surface area contributed by atoms with Crippen molar-refractivity contribution in [3.63, 3.8) is 0 Å². The molecule has 0 bridgehead atoms. The van der Waals surface area contributed by atoms with Crippen LogP contribution in [-0.2, 0) is 7.05 Å². The smallest absolute Gasteiger partial charge is 0.168 e. The summed E-state index contributed by atoms with van der Waals surface area (Å²) in [5.74, 6) is 2.36. The zero-order valence-electron chi connectivity index (χ0n) is 15.6. The molecule has 0 saturated carbocycles. The molecule has 22 heavy (non-hydrogen) atoms. The lowest BCUT2D eigenvalue weighted by molar-refractivity contribution is -0.671. The lowest BCUT2D eigenvalue weighted by atomic mass is 9.78. The molecule has 0 fully saturated rings. The molecule has 1 nitrogen and oxygen atoms in total. The predicted molar refractivity (Wildman–Crippen MR) is 97.0 cm³/mol. The summed E-state index contributed by atoms with van der Waals surface area (Å²) >= 11 is 0. The zero-order valence-corrected chi connectivity index (χ0v) is 15.6. The highest BCUT2D eigenvalue weighted by molar-refractivity contribution is 5.15. The largest absolute Gasteiger partial charge is 0.208 e. The van der Waals surface area contributed by atoms with Crippen LogP contribution in [0.25, 0.3) is 0 Å². The van der Waals surface area contributed by atoms with Gasteiger partial charge in [-0.25, -0.2) is 4.57 Å². The standard InChI is InChI=1S/C21H38N/c1-6-8-10-12-19(4)21(17-18(3)11-9-7-2)20-13-15-22(5)16-14-20/h13-16,18-19,21H,6-12,17H2,1-5H3/q+1. The summed E-state index contributed by atoms with van der Waals surface area (Å²) < 4.78 is 2.14. The van der Waals surface area contributed by atoms with E-state index in [1.54, 1.807) is 5.56 Å². The van der Waals surface area contributed by atoms with Crippen molar-refractivity contribution in [2.45, 2.75) is 85.0 Å². The Morgan fingerprint density at radius 1 is 0.909 bits per heavy atom. The summed E-state index contributed by atoms with van der Waals surface area (Å²) in [7, 11) is 2.10. The van der Waals surface area contributed by atoms with Crippen molar-refractivity contribution in [2.75, 3.05) is 0 Å². The molecule has 1 heteroatoms. The Morgan fingerprint density at radius 2 is 1.55 bits per heavy atom. The van der Waals surface area contributed by atoms with Crippen molar-refractivity contribution in [1.29, 1.82) is 0 Å². The number of rotatable bonds is 11. The van der Waals surface area contributed by atoms with E-state index in [1.165, 1.54) is 51.4 Å². The van der Waals surface area contributed by atoms with Crippen LogP contribution in [0.15, 0.2) is 24.5 Å². The Morgan fingerprint density at radius 3 is 2.14 bits per heavy atom. The van der Waals surface area contributed by atoms with Crippen LogP contribution < -0.4 is 4.57 Å². The highest BCUT2D eigenvalue weighted by Gasteiger charge is 2.22. The minimum absolute atomic E-state index is 0.727. The van der Waals surface area contributed by atoms with Gasteiger partial charge in [0.25, 0.3) is 0 Å². The third-order valence-corrected chi connectivity index (χ3v) is 5.09. The van der Waals surface area contributed by atoms with Gasteiger partial charge in [-0.2, -0.15) is 0 Å². The van der Waals surface area contributed by atoms with Crippen molar-refractivity contribution in [3.05, 3.63) is 30.1 Å². The van der Waals surface area contributed by atoms with E-state index < -0.39 is 0 Å². The van der Waals surface area contributed by atoms with E-state index in [0.29, 0.717) is 0 Å². The molecule has 3 atom stereocenters. The van der Waals surface area contributed by atoms with Gasteiger partial charge in [0, 0.05) is 12.1 Å². The second-order valence-corrected chi connectivity index (χ2v) is 7.36. The van der Waals surface area contributed by atoms with E-state index in [9.17, 15) is 0 Å². The highest BCUT2D eigenvalue weighted by atomic mass is 14.9. The molecule has 0 aliphatic carbocycles. The molecule has 0 spiro atoms. The summed E-state index contributed by atoms with van der Waals surface area (Å²) in [6.07, 6.45) is 15.3. The summed E-state index contributed by atoms with van der Waals surface area (Å²) in [6.45, 7) is 9.52. The van der Waals surface area contributed by atoms with Crippen LogP contribution in [0.3, 0.4) is 0 Å². The molecule has 0 radical (unpaired) electrons. The molecule has 0 amide bonds. The number of aryl methyl sites for hydroxylation is 1. The fourth-order valence-electron chi connectivity index (χ4n) is 3.48. The Labute approximate surface area is 139 Å². The molecular weight excluding hydrogens is 266 g/mol. The average Bonchev–Trinajstić information content (AvgIpc) is 2.51. The third-order valence-electron chi connectivity index (χ3n) is 5.09. The number of pyridine rings is 1. The van der Waals surface area contributed by atoms with E-state index >= 15 is 0 Å². The minimum atomic E-state index is 0.727. The first-order valence-corrected chi connectivity index (χ1v) is 9.53. The Hall–Kier alpha value is -0.850. The molecule has 0 aliphatic rings. The molecule has 0 saturated heterocycles. The first-order chi connectivity index (χ1) is 10.6. The lowest BCUT2D eigenvalue weighted by Gasteiger charge is -2.27. The first kappa shape index (κ1) is 19.2. The van der Waals surface area contributed by atoms with Crippen LogP contribution in [0, 0.1) is 11.8 Å². The number of unbranched alkanes of at least 4 members (excludes halogenated alkanes) is 3. The maximum absolute atomic E-state index is 2.47. The maximum Gasteiger partial charge on any atom is 0.168 e. The molecule has 3 unspecified atom stereocenters. The Kier molecular flexibility index (Phi) is 9.43. The molecule has 126 valence electrons. The van der Waals surface area contributed by atoms with Crippen molar-refractivity contribution >= 4 is 0 Å². The molecule has 1 aromatic heterocycles. The van der Waals surface area contributed by atoms with Gasteiger partial charge in [0.2, 0.25) is 0 Å². The second-order valence-electron chi connectivity index (χ2n) is 7.36. The van der Waals surface area contributed by atoms with Gasteiger partial charge < -0.3 is 0 Å². The van der Waals surface area contributed by atoms with Gasteiger partial charge in [0.05, 0.1) is 0 Å². The van der Waals surface area contributed by atoms with Gasteiger partial charge in [-0.3, -0.25) is 0 Å². The van der Waals surface area contributed by atoms with Crippen molar-refractivity contribution in [2.24, 2.45) is 18.9 Å². The molecular formula is C21H38N+. The van der Waals surface area contributed by atoms with Crippen molar-refractivity contribution in [3.8, 4) is 0 Å². The number of nitrogens with zero attached hydrogens (tertiary/aromatic N) is 1. The third kappa shape index (κ3) is 6.94. The summed E-state index contributed by atoms with van der Waals surface area (Å²) in [5, 5.41) is 0. The fourth-order valence-corrected chi connectivity index (χ4v) is 3.48. The second kappa shape index (κ2) is 10.8. The summed E-state index contributed by atoms with van der Waals surface area (Å²) in [4.78, 5) is 0. The molecule has 1 rings (SSSR count). The fraction of sp³-hybridized carbons (Fsp3) is 0.762. The highest BCUT2D eigenvalue weighted by Crippen LogP contribution is 2.35. The van der Waals surface area contributed by atoms with Crippen LogP contribution in [0.1, 0.15) is 90.5 Å². The quantitative estimate of drug-likeness (QED) is 0.347. The topological polar surface area (TPSA) is 3.88 Å². The average molecular weight is 305 g/mol. The first-order valence-electron chi connectivity index (χ1n) is 9.53. The van der Waals surface area contributed by atoms with Gasteiger partial charge in [0.15, 0.2) is 12.4 Å². The number of aromatic nitrogens is 1. The van der Waals surface area contributed by atoms with Crippen LogP contribution in [0.5, 0.6) is 0 Å². The van der Waals surface area contributed by atoms with Crippen LogP contribution >= 0.6 is 0 Å². The molecule has 1 heterocycles. The van der Waals surface area contributed by atoms with Crippen molar-refractivity contribution in [1.82, 2.24) is 0 Å². The molecule has 0 N–H and O–H groups in total. The zero-order chi connectivity index (χ0) is 16.4. The Bertz CT molecular complexity index is 381. The predicted octanol–water partition coefficient (Wildman–Crippen LogP) is 6.03. The lowest BCUT2D eigenvalue weighted by Crippen LogP contribution is -2.26. The van der Waals surface area contributed by atoms with E-state index in [2.05, 4.69) is 63.8 Å². The maximum atomic E-state index is 2.47. The minimum Gasteiger partial charge on any atom is -0.208 e.